The molecule has 2 aromatic rings. The van der Waals surface area contributed by atoms with Gasteiger partial charge in [-0.1, -0.05) is 6.92 Å². The van der Waals surface area contributed by atoms with Gasteiger partial charge in [0.1, 0.15) is 6.33 Å². The maximum atomic E-state index is 5.38. The lowest BCUT2D eigenvalue weighted by Crippen LogP contribution is -2.09. The van der Waals surface area contributed by atoms with Gasteiger partial charge in [-0.25, -0.2) is 9.97 Å². The summed E-state index contributed by atoms with van der Waals surface area (Å²) in [6.07, 6.45) is 4.15. The Morgan fingerprint density at radius 2 is 2.00 bits per heavy atom. The Morgan fingerprint density at radius 1 is 1.20 bits per heavy atom. The first-order valence-corrected chi connectivity index (χ1v) is 6.48. The first-order chi connectivity index (χ1) is 9.85. The molecular weight excluding hydrogens is 256 g/mol. The molecule has 0 saturated carbocycles. The average Bonchev–Trinajstić information content (AvgIpc) is 2.51. The van der Waals surface area contributed by atoms with Gasteiger partial charge in [-0.05, 0) is 18.6 Å². The normalized spacial score (nSPS) is 10.1. The van der Waals surface area contributed by atoms with E-state index in [1.54, 1.807) is 13.3 Å². The second kappa shape index (κ2) is 7.22. The van der Waals surface area contributed by atoms with Crippen molar-refractivity contribution in [1.29, 1.82) is 0 Å². The molecule has 0 saturated heterocycles. The Morgan fingerprint density at radius 3 is 2.65 bits per heavy atom. The van der Waals surface area contributed by atoms with E-state index in [0.717, 1.165) is 18.7 Å². The molecule has 20 heavy (non-hydrogen) atoms. The Hall–Kier alpha value is -2.44. The number of methoxy groups -OCH3 is 1. The molecule has 0 aliphatic heterocycles. The average molecular weight is 274 g/mol. The third kappa shape index (κ3) is 3.53. The molecule has 0 bridgehead atoms. The highest BCUT2D eigenvalue weighted by molar-refractivity contribution is 5.63. The van der Waals surface area contributed by atoms with E-state index in [9.17, 15) is 0 Å². The Kier molecular flexibility index (Phi) is 5.05. The Labute approximate surface area is 117 Å². The van der Waals surface area contributed by atoms with E-state index >= 15 is 0 Å². The quantitative estimate of drug-likeness (QED) is 0.795. The third-order valence-electron chi connectivity index (χ3n) is 2.61. The lowest BCUT2D eigenvalue weighted by Gasteiger charge is -2.13. The van der Waals surface area contributed by atoms with Gasteiger partial charge in [0.2, 0.25) is 5.75 Å². The number of nitrogens with zero attached hydrogens (tertiary/aromatic N) is 4. The molecule has 106 valence electrons. The molecule has 7 nitrogen and oxygen atoms in total. The number of nitrogens with one attached hydrogen (secondary N) is 2. The van der Waals surface area contributed by atoms with Crippen LogP contribution in [0.25, 0.3) is 0 Å². The van der Waals surface area contributed by atoms with Crippen LogP contribution >= 0.6 is 0 Å². The summed E-state index contributed by atoms with van der Waals surface area (Å²) in [4.78, 5) is 8.39. The maximum Gasteiger partial charge on any atom is 0.204 e. The molecule has 0 aliphatic rings. The maximum absolute atomic E-state index is 5.38. The second-order valence-electron chi connectivity index (χ2n) is 4.10. The van der Waals surface area contributed by atoms with Crippen LogP contribution in [0.1, 0.15) is 19.0 Å². The van der Waals surface area contributed by atoms with E-state index in [0.29, 0.717) is 23.9 Å². The topological polar surface area (TPSA) is 84.9 Å². The van der Waals surface area contributed by atoms with Crippen LogP contribution < -0.4 is 15.4 Å². The number of hydrogen-bond donors (Lipinski definition) is 2. The van der Waals surface area contributed by atoms with Gasteiger partial charge in [0, 0.05) is 12.7 Å². The second-order valence-corrected chi connectivity index (χ2v) is 4.10. The van der Waals surface area contributed by atoms with Crippen LogP contribution in [0.4, 0.5) is 11.6 Å². The SMILES string of the molecule is CCCNc1ncnc(NCc2cccnn2)c1OC. The van der Waals surface area contributed by atoms with Crippen LogP contribution in [0, 0.1) is 0 Å². The summed E-state index contributed by atoms with van der Waals surface area (Å²) in [5, 5.41) is 14.2. The van der Waals surface area contributed by atoms with E-state index in [-0.39, 0.29) is 0 Å². The van der Waals surface area contributed by atoms with Crippen molar-refractivity contribution >= 4 is 11.6 Å². The molecule has 0 unspecified atom stereocenters. The zero-order chi connectivity index (χ0) is 14.2. The van der Waals surface area contributed by atoms with Crippen LogP contribution in [0.3, 0.4) is 0 Å². The molecule has 2 rings (SSSR count). The van der Waals surface area contributed by atoms with Crippen molar-refractivity contribution in [1.82, 2.24) is 20.2 Å². The fourth-order valence-electron chi connectivity index (χ4n) is 1.66. The van der Waals surface area contributed by atoms with Crippen molar-refractivity contribution in [3.8, 4) is 5.75 Å². The number of rotatable bonds is 7. The van der Waals surface area contributed by atoms with Gasteiger partial charge < -0.3 is 15.4 Å². The molecule has 0 aromatic carbocycles. The summed E-state index contributed by atoms with van der Waals surface area (Å²) in [6.45, 7) is 3.44. The smallest absolute Gasteiger partial charge is 0.204 e. The highest BCUT2D eigenvalue weighted by atomic mass is 16.5. The predicted octanol–water partition coefficient (Wildman–Crippen LogP) is 1.71. The number of hydrogen-bond acceptors (Lipinski definition) is 7. The van der Waals surface area contributed by atoms with E-state index < -0.39 is 0 Å². The molecule has 2 heterocycles. The van der Waals surface area contributed by atoms with Crippen molar-refractivity contribution in [2.45, 2.75) is 19.9 Å². The number of anilines is 2. The van der Waals surface area contributed by atoms with Crippen molar-refractivity contribution in [3.63, 3.8) is 0 Å². The number of ether oxygens (including phenoxy) is 1. The van der Waals surface area contributed by atoms with E-state index in [4.69, 9.17) is 4.74 Å². The summed E-state index contributed by atoms with van der Waals surface area (Å²) in [5.41, 5.74) is 0.830. The zero-order valence-corrected chi connectivity index (χ0v) is 11.6. The highest BCUT2D eigenvalue weighted by Crippen LogP contribution is 2.28. The molecule has 0 radical (unpaired) electrons. The zero-order valence-electron chi connectivity index (χ0n) is 11.6. The molecule has 0 aliphatic carbocycles. The van der Waals surface area contributed by atoms with Gasteiger partial charge in [-0.2, -0.15) is 10.2 Å². The molecule has 2 aromatic heterocycles. The minimum Gasteiger partial charge on any atom is -0.490 e. The van der Waals surface area contributed by atoms with Crippen molar-refractivity contribution < 1.29 is 4.74 Å². The predicted molar refractivity (Wildman–Crippen MR) is 76.7 cm³/mol. The van der Waals surface area contributed by atoms with Crippen LogP contribution in [0.5, 0.6) is 5.75 Å². The fraction of sp³-hybridized carbons (Fsp3) is 0.385. The largest absolute Gasteiger partial charge is 0.490 e. The van der Waals surface area contributed by atoms with Gasteiger partial charge in [-0.15, -0.1) is 0 Å². The first kappa shape index (κ1) is 14.0. The highest BCUT2D eigenvalue weighted by Gasteiger charge is 2.11. The first-order valence-electron chi connectivity index (χ1n) is 6.48. The van der Waals surface area contributed by atoms with Crippen LogP contribution in [0.2, 0.25) is 0 Å². The van der Waals surface area contributed by atoms with Gasteiger partial charge in [-0.3, -0.25) is 0 Å². The summed E-state index contributed by atoms with van der Waals surface area (Å²) in [5.74, 6) is 1.92. The molecule has 7 heteroatoms. The minimum atomic E-state index is 0.522. The Balaban J connectivity index is 2.10. The van der Waals surface area contributed by atoms with Crippen LogP contribution in [-0.4, -0.2) is 33.8 Å². The van der Waals surface area contributed by atoms with Gasteiger partial charge in [0.15, 0.2) is 11.6 Å². The molecule has 2 N–H and O–H groups in total. The fourth-order valence-corrected chi connectivity index (χ4v) is 1.66. The summed E-state index contributed by atoms with van der Waals surface area (Å²) >= 11 is 0. The van der Waals surface area contributed by atoms with E-state index in [1.165, 1.54) is 6.33 Å². The van der Waals surface area contributed by atoms with Crippen molar-refractivity contribution in [2.75, 3.05) is 24.3 Å². The van der Waals surface area contributed by atoms with E-state index in [1.807, 2.05) is 12.1 Å². The molecule has 0 spiro atoms. The summed E-state index contributed by atoms with van der Waals surface area (Å²) < 4.78 is 5.38. The van der Waals surface area contributed by atoms with Gasteiger partial charge >= 0.3 is 0 Å². The summed E-state index contributed by atoms with van der Waals surface area (Å²) in [7, 11) is 1.60. The van der Waals surface area contributed by atoms with Gasteiger partial charge in [0.25, 0.3) is 0 Å². The third-order valence-corrected chi connectivity index (χ3v) is 2.61. The molecule has 0 fully saturated rings. The molecule has 0 atom stereocenters. The lowest BCUT2D eigenvalue weighted by atomic mass is 10.3. The monoisotopic (exact) mass is 274 g/mol. The lowest BCUT2D eigenvalue weighted by molar-refractivity contribution is 0.414. The Bertz CT molecular complexity index is 534. The summed E-state index contributed by atoms with van der Waals surface area (Å²) in [6, 6.07) is 3.74. The van der Waals surface area contributed by atoms with Gasteiger partial charge in [0.05, 0.1) is 19.3 Å². The minimum absolute atomic E-state index is 0.522. The van der Waals surface area contributed by atoms with Crippen LogP contribution in [0.15, 0.2) is 24.7 Å². The van der Waals surface area contributed by atoms with E-state index in [2.05, 4.69) is 37.7 Å². The standard InChI is InChI=1S/C13H18N6O/c1-3-6-14-12-11(20-2)13(17-9-16-12)15-8-10-5-4-7-18-19-10/h4-5,7,9H,3,6,8H2,1-2H3,(H2,14,15,16,17). The van der Waals surface area contributed by atoms with Crippen LogP contribution in [-0.2, 0) is 6.54 Å². The molecular formula is C13H18N6O. The van der Waals surface area contributed by atoms with Crippen molar-refractivity contribution in [3.05, 3.63) is 30.4 Å². The van der Waals surface area contributed by atoms with Crippen molar-refractivity contribution in [2.24, 2.45) is 0 Å². The molecule has 0 amide bonds. The number of aromatic nitrogens is 4.